The van der Waals surface area contributed by atoms with E-state index in [1.54, 1.807) is 33.2 Å². The summed E-state index contributed by atoms with van der Waals surface area (Å²) in [6.07, 6.45) is 19.8. The van der Waals surface area contributed by atoms with Crippen LogP contribution >= 0.6 is 0 Å². The molecule has 0 heteroatoms. The highest BCUT2D eigenvalue weighted by atomic mass is 14.6. The molecule has 46 heavy (non-hydrogen) atoms. The van der Waals surface area contributed by atoms with Crippen LogP contribution in [0.25, 0.3) is 45.2 Å². The van der Waals surface area contributed by atoms with Crippen LogP contribution in [0.15, 0.2) is 78.4 Å². The van der Waals surface area contributed by atoms with E-state index in [0.717, 1.165) is 0 Å². The number of hydrogen-bond donors (Lipinski definition) is 0. The highest BCUT2D eigenvalue weighted by Gasteiger charge is 2.52. The molecule has 0 bridgehead atoms. The van der Waals surface area contributed by atoms with Gasteiger partial charge in [0.25, 0.3) is 0 Å². The molecule has 4 aromatic rings. The smallest absolute Gasteiger partial charge is 0.0159 e. The monoisotopic (exact) mass is 594 g/mol. The Kier molecular flexibility index (Phi) is 4.85. The van der Waals surface area contributed by atoms with Crippen LogP contribution in [-0.4, -0.2) is 0 Å². The van der Waals surface area contributed by atoms with Crippen molar-refractivity contribution in [1.29, 1.82) is 0 Å². The van der Waals surface area contributed by atoms with Gasteiger partial charge in [-0.1, -0.05) is 94.5 Å². The molecule has 0 saturated heterocycles. The van der Waals surface area contributed by atoms with Crippen molar-refractivity contribution in [2.45, 2.75) is 83.0 Å². The van der Waals surface area contributed by atoms with Gasteiger partial charge < -0.3 is 0 Å². The second-order valence-electron chi connectivity index (χ2n) is 16.6. The summed E-state index contributed by atoms with van der Waals surface area (Å²) in [5, 5.41) is 9.03. The van der Waals surface area contributed by atoms with Crippen LogP contribution in [-0.2, 0) is 10.8 Å². The van der Waals surface area contributed by atoms with Gasteiger partial charge in [-0.05, 0) is 167 Å². The van der Waals surface area contributed by atoms with Crippen molar-refractivity contribution < 1.29 is 0 Å². The molecule has 0 spiro atoms. The zero-order valence-corrected chi connectivity index (χ0v) is 27.6. The van der Waals surface area contributed by atoms with Crippen molar-refractivity contribution in [2.24, 2.45) is 17.8 Å². The molecule has 4 unspecified atom stereocenters. The van der Waals surface area contributed by atoms with Gasteiger partial charge in [-0.2, -0.15) is 0 Å². The van der Waals surface area contributed by atoms with Crippen molar-refractivity contribution in [3.63, 3.8) is 0 Å². The average Bonchev–Trinajstić information content (AvgIpc) is 3.45. The summed E-state index contributed by atoms with van der Waals surface area (Å²) < 4.78 is 0. The van der Waals surface area contributed by atoms with Gasteiger partial charge in [0.15, 0.2) is 0 Å². The van der Waals surface area contributed by atoms with Gasteiger partial charge in [0.1, 0.15) is 0 Å². The maximum atomic E-state index is 2.70. The fourth-order valence-corrected chi connectivity index (χ4v) is 11.8. The van der Waals surface area contributed by atoms with Gasteiger partial charge in [-0.15, -0.1) is 0 Å². The normalized spacial score (nSPS) is 27.7. The van der Waals surface area contributed by atoms with E-state index in [2.05, 4.69) is 113 Å². The number of rotatable bonds is 0. The second-order valence-corrected chi connectivity index (χ2v) is 16.6. The average molecular weight is 595 g/mol. The molecule has 0 N–H and O–H groups in total. The topological polar surface area (TPSA) is 0 Å². The van der Waals surface area contributed by atoms with Crippen LogP contribution in [0.2, 0.25) is 0 Å². The maximum Gasteiger partial charge on any atom is 0.0159 e. The molecule has 0 radical (unpaired) electrons. The van der Waals surface area contributed by atoms with Crippen molar-refractivity contribution >= 4 is 34.1 Å². The first-order valence-corrected chi connectivity index (χ1v) is 18.0. The van der Waals surface area contributed by atoms with Crippen LogP contribution in [0.5, 0.6) is 0 Å². The predicted molar refractivity (Wildman–Crippen MR) is 192 cm³/mol. The van der Waals surface area contributed by atoms with Crippen molar-refractivity contribution in [1.82, 2.24) is 0 Å². The predicted octanol–water partition coefficient (Wildman–Crippen LogP) is 8.17. The molecule has 4 atom stereocenters. The van der Waals surface area contributed by atoms with E-state index in [4.69, 9.17) is 0 Å². The molecule has 4 aromatic carbocycles. The Labute approximate surface area is 272 Å². The molecule has 0 nitrogen and oxygen atoms in total. The highest BCUT2D eigenvalue weighted by Crippen LogP contribution is 2.61. The van der Waals surface area contributed by atoms with Crippen molar-refractivity contribution in [3.8, 4) is 11.1 Å². The van der Waals surface area contributed by atoms with Gasteiger partial charge in [-0.25, -0.2) is 0 Å². The van der Waals surface area contributed by atoms with E-state index in [1.807, 2.05) is 0 Å². The largest absolute Gasteiger partial charge is 0.0839 e. The molecule has 0 amide bonds. The summed E-state index contributed by atoms with van der Waals surface area (Å²) in [6.45, 7) is 10.1. The molecule has 0 aliphatic heterocycles. The molecular formula is C46H42. The van der Waals surface area contributed by atoms with Crippen LogP contribution in [0.3, 0.4) is 0 Å². The summed E-state index contributed by atoms with van der Waals surface area (Å²) in [4.78, 5) is 0. The van der Waals surface area contributed by atoms with E-state index in [-0.39, 0.29) is 10.8 Å². The third kappa shape index (κ3) is 2.99. The molecule has 7 aliphatic carbocycles. The first kappa shape index (κ1) is 26.2. The SMILES string of the molecule is CC1(C)c2cc3c(cc2-c2c1cc1ccc4c5c1c2=CCC5CCC=4)C(C)(C)C1C3=c2ccccc2=C2C3=CC=CCC3CCC21. The number of benzene rings is 4. The Morgan fingerprint density at radius 1 is 0.717 bits per heavy atom. The molecule has 1 fully saturated rings. The molecule has 7 aliphatic rings. The first-order valence-electron chi connectivity index (χ1n) is 18.0. The molecule has 0 aromatic heterocycles. The minimum atomic E-state index is -0.0390. The highest BCUT2D eigenvalue weighted by molar-refractivity contribution is 5.99. The van der Waals surface area contributed by atoms with Crippen molar-refractivity contribution in [3.05, 3.63) is 127 Å². The van der Waals surface area contributed by atoms with Crippen molar-refractivity contribution in [2.75, 3.05) is 0 Å². The Hall–Kier alpha value is -3.90. The van der Waals surface area contributed by atoms with E-state index in [1.165, 1.54) is 92.6 Å². The maximum absolute atomic E-state index is 2.70. The fraction of sp³-hybridized carbons (Fsp3) is 0.348. The van der Waals surface area contributed by atoms with E-state index >= 15 is 0 Å². The van der Waals surface area contributed by atoms with Gasteiger partial charge in [0, 0.05) is 11.3 Å². The lowest BCUT2D eigenvalue weighted by atomic mass is 9.59. The molecule has 11 rings (SSSR count). The minimum Gasteiger partial charge on any atom is -0.0839 e. The minimum absolute atomic E-state index is 0.0390. The van der Waals surface area contributed by atoms with Gasteiger partial charge in [0.2, 0.25) is 0 Å². The summed E-state index contributed by atoms with van der Waals surface area (Å²) >= 11 is 0. The molecular weight excluding hydrogens is 553 g/mol. The zero-order valence-electron chi connectivity index (χ0n) is 27.6. The number of hydrogen-bond acceptors (Lipinski definition) is 0. The van der Waals surface area contributed by atoms with Gasteiger partial charge in [-0.3, -0.25) is 0 Å². The molecule has 0 heterocycles. The number of fused-ring (bicyclic) bond motifs is 12. The van der Waals surface area contributed by atoms with Gasteiger partial charge in [0.05, 0.1) is 0 Å². The lowest BCUT2D eigenvalue weighted by Gasteiger charge is -2.44. The standard InChI is InChI=1S/C46H42/c1-45(2)36-24-35-37(23-34(36)42-32-20-19-27-12-9-11-26-16-17-28(22-38(42)45)40(32)39(26)27)46(3,4)44-33-21-18-25-10-5-6-13-29(25)41(33)30-14-7-8-15-31(30)43(35)44/h5-8,11,13-17,20,22-25,27,33,44H,9-10,12,18-19,21H2,1-4H3. The first-order chi connectivity index (χ1) is 22.3. The lowest BCUT2D eigenvalue weighted by Crippen LogP contribution is -2.45. The lowest BCUT2D eigenvalue weighted by molar-refractivity contribution is 0.293. The fourth-order valence-electron chi connectivity index (χ4n) is 11.8. The van der Waals surface area contributed by atoms with E-state index < -0.39 is 0 Å². The zero-order chi connectivity index (χ0) is 30.7. The number of allylic oxidation sites excluding steroid dienone is 4. The summed E-state index contributed by atoms with van der Waals surface area (Å²) in [5.41, 5.74) is 15.8. The molecule has 1 saturated carbocycles. The summed E-state index contributed by atoms with van der Waals surface area (Å²) in [7, 11) is 0. The van der Waals surface area contributed by atoms with Crippen LogP contribution < -0.4 is 20.9 Å². The summed E-state index contributed by atoms with van der Waals surface area (Å²) in [6, 6.07) is 22.2. The third-order valence-corrected chi connectivity index (χ3v) is 13.9. The quantitative estimate of drug-likeness (QED) is 0.193. The van der Waals surface area contributed by atoms with E-state index in [0.29, 0.717) is 23.7 Å². The Balaban J connectivity index is 1.23. The van der Waals surface area contributed by atoms with Gasteiger partial charge >= 0.3 is 0 Å². The second kappa shape index (κ2) is 8.51. The van der Waals surface area contributed by atoms with Crippen LogP contribution in [0.4, 0.5) is 0 Å². The van der Waals surface area contributed by atoms with Crippen LogP contribution in [0.1, 0.15) is 100.0 Å². The molecule has 226 valence electrons. The summed E-state index contributed by atoms with van der Waals surface area (Å²) in [5.74, 6) is 2.45. The Morgan fingerprint density at radius 2 is 1.54 bits per heavy atom. The Morgan fingerprint density at radius 3 is 2.41 bits per heavy atom. The van der Waals surface area contributed by atoms with Crippen LogP contribution in [0, 0.1) is 17.8 Å². The Bertz CT molecular complexity index is 2440. The van der Waals surface area contributed by atoms with E-state index in [9.17, 15) is 0 Å². The third-order valence-electron chi connectivity index (χ3n) is 13.9.